The number of hydrogen-bond donors (Lipinski definition) is 0. The fourth-order valence-electron chi connectivity index (χ4n) is 15.8. The molecule has 0 radical (unpaired) electrons. The molecule has 0 N–H and O–H groups in total. The fourth-order valence-corrected chi connectivity index (χ4v) is 15.8. The van der Waals surface area contributed by atoms with Crippen LogP contribution in [-0.4, -0.2) is 29.9 Å². The Morgan fingerprint density at radius 3 is 0.491 bits per heavy atom. The SMILES string of the molecule is c1ccc(-c2ccc(-c3ccccc3-c3cc(-c4ccccc4-c4ccc(-c5ccccn5)cc4)cc(-c4ccccc4-c4ccc(-c5ccnc(-c6ccc(-c7ccccc7-c7cc(-c8ccccc8-c8ccc(-c9ccccn9)cc8)cc(-c8ccccc8-c8ccc(-c9ccccn9)cc8)c7)cc6)n5)cc4)c3)cc2)nc1. The van der Waals surface area contributed by atoms with Crippen LogP contribution >= 0.6 is 0 Å². The molecule has 534 valence electrons. The van der Waals surface area contributed by atoms with E-state index < -0.39 is 0 Å². The van der Waals surface area contributed by atoms with Gasteiger partial charge in [-0.2, -0.15) is 0 Å². The van der Waals surface area contributed by atoms with E-state index >= 15 is 0 Å². The van der Waals surface area contributed by atoms with Crippen molar-refractivity contribution < 1.29 is 0 Å². The highest BCUT2D eigenvalue weighted by atomic mass is 14.9. The largest absolute Gasteiger partial charge is 0.256 e. The molecule has 0 aliphatic carbocycles. The van der Waals surface area contributed by atoms with Gasteiger partial charge >= 0.3 is 0 Å². The van der Waals surface area contributed by atoms with Gasteiger partial charge in [0.25, 0.3) is 0 Å². The van der Waals surface area contributed by atoms with E-state index in [0.717, 1.165) is 195 Å². The molecule has 114 heavy (non-hydrogen) atoms. The Labute approximate surface area is 664 Å². The van der Waals surface area contributed by atoms with Crippen molar-refractivity contribution in [2.75, 3.05) is 0 Å². The molecular formula is C108H72N6. The molecule has 0 fully saturated rings. The van der Waals surface area contributed by atoms with Crippen molar-refractivity contribution in [2.24, 2.45) is 0 Å². The van der Waals surface area contributed by atoms with Crippen LogP contribution < -0.4 is 0 Å². The smallest absolute Gasteiger partial charge is 0.159 e. The van der Waals surface area contributed by atoms with Crippen LogP contribution in [0.2, 0.25) is 0 Å². The average Bonchev–Trinajstić information content (AvgIpc) is 0.764. The molecule has 0 aliphatic heterocycles. The van der Waals surface area contributed by atoms with E-state index in [9.17, 15) is 0 Å². The Bertz CT molecular complexity index is 5940. The normalized spacial score (nSPS) is 11.2. The van der Waals surface area contributed by atoms with Crippen molar-refractivity contribution in [3.05, 3.63) is 437 Å². The van der Waals surface area contributed by atoms with Crippen LogP contribution in [0.1, 0.15) is 0 Å². The predicted octanol–water partition coefficient (Wildman–Crippen LogP) is 28.1. The maximum Gasteiger partial charge on any atom is 0.159 e. The summed E-state index contributed by atoms with van der Waals surface area (Å²) >= 11 is 0. The molecule has 0 spiro atoms. The number of rotatable bonds is 18. The summed E-state index contributed by atoms with van der Waals surface area (Å²) in [4.78, 5) is 28.7. The number of nitrogens with zero attached hydrogens (tertiary/aromatic N) is 6. The molecule has 19 rings (SSSR count). The summed E-state index contributed by atoms with van der Waals surface area (Å²) in [7, 11) is 0. The number of hydrogen-bond acceptors (Lipinski definition) is 6. The van der Waals surface area contributed by atoms with Crippen LogP contribution in [0.25, 0.3) is 201 Å². The van der Waals surface area contributed by atoms with Crippen LogP contribution in [0.3, 0.4) is 0 Å². The lowest BCUT2D eigenvalue weighted by Crippen LogP contribution is -1.93. The third kappa shape index (κ3) is 14.3. The maximum atomic E-state index is 5.27. The first-order valence-corrected chi connectivity index (χ1v) is 38.5. The maximum absolute atomic E-state index is 5.27. The lowest BCUT2D eigenvalue weighted by atomic mass is 9.86. The zero-order valence-electron chi connectivity index (χ0n) is 62.3. The van der Waals surface area contributed by atoms with Gasteiger partial charge in [-0.15, -0.1) is 0 Å². The minimum Gasteiger partial charge on any atom is -0.256 e. The first kappa shape index (κ1) is 69.2. The van der Waals surface area contributed by atoms with Gasteiger partial charge in [0.2, 0.25) is 0 Å². The summed E-state index contributed by atoms with van der Waals surface area (Å²) in [5, 5.41) is 0. The van der Waals surface area contributed by atoms with Crippen molar-refractivity contribution in [2.45, 2.75) is 0 Å². The van der Waals surface area contributed by atoms with Crippen LogP contribution in [0.4, 0.5) is 0 Å². The van der Waals surface area contributed by atoms with Gasteiger partial charge in [-0.25, -0.2) is 9.97 Å². The topological polar surface area (TPSA) is 77.3 Å². The Morgan fingerprint density at radius 2 is 0.289 bits per heavy atom. The van der Waals surface area contributed by atoms with Gasteiger partial charge in [-0.05, 0) is 225 Å². The van der Waals surface area contributed by atoms with Crippen molar-refractivity contribution in [3.63, 3.8) is 0 Å². The van der Waals surface area contributed by atoms with E-state index in [-0.39, 0.29) is 0 Å². The van der Waals surface area contributed by atoms with E-state index in [0.29, 0.717) is 5.82 Å². The van der Waals surface area contributed by atoms with Gasteiger partial charge < -0.3 is 0 Å². The number of benzene rings is 14. The monoisotopic (exact) mass is 1450 g/mol. The van der Waals surface area contributed by atoms with Gasteiger partial charge in [0.1, 0.15) is 0 Å². The zero-order valence-corrected chi connectivity index (χ0v) is 62.3. The van der Waals surface area contributed by atoms with Crippen molar-refractivity contribution in [1.29, 1.82) is 0 Å². The number of aromatic nitrogens is 6. The third-order valence-electron chi connectivity index (χ3n) is 21.5. The lowest BCUT2D eigenvalue weighted by molar-refractivity contribution is 1.18. The van der Waals surface area contributed by atoms with Crippen LogP contribution in [0.5, 0.6) is 0 Å². The molecule has 0 saturated heterocycles. The van der Waals surface area contributed by atoms with Crippen LogP contribution in [0.15, 0.2) is 437 Å². The van der Waals surface area contributed by atoms with E-state index in [1.54, 1.807) is 0 Å². The molecule has 19 aromatic rings. The summed E-state index contributed by atoms with van der Waals surface area (Å²) in [6, 6.07) is 146. The van der Waals surface area contributed by atoms with Crippen LogP contribution in [0, 0.1) is 0 Å². The second-order valence-corrected chi connectivity index (χ2v) is 28.5. The molecule has 14 aromatic carbocycles. The minimum atomic E-state index is 0.649. The highest BCUT2D eigenvalue weighted by molar-refractivity contribution is 5.97. The number of pyridine rings is 4. The molecule has 6 nitrogen and oxygen atoms in total. The van der Waals surface area contributed by atoms with Crippen LogP contribution in [-0.2, 0) is 0 Å². The first-order chi connectivity index (χ1) is 56.5. The van der Waals surface area contributed by atoms with E-state index in [2.05, 4.69) is 372 Å². The molecule has 0 atom stereocenters. The standard InChI is InChI=1S/C108H72N6/c1-7-27-97(91(21-1)73-37-49-79(50-38-73)103-33-13-17-62-109-103)85-67-86(98-28-8-2-22-92(98)74-39-51-80(52-40-74)104-34-14-18-63-110-104)70-89(69-85)101-31-11-5-25-95(101)77-45-57-83(58-46-77)107-61-66-113-108(114-107)84-59-47-78(48-60-84)96-26-6-12-32-102(96)90-71-87(99-29-9-3-23-93(99)75-41-53-81(54-42-75)105-35-15-19-64-111-105)68-88(72-90)100-30-10-4-24-94(100)76-43-55-82(56-44-76)106-36-16-20-65-112-106/h1-72H. The van der Waals surface area contributed by atoms with Crippen molar-refractivity contribution in [1.82, 2.24) is 29.9 Å². The summed E-state index contributed by atoms with van der Waals surface area (Å²) in [5.41, 5.74) is 37.8. The molecule has 5 aromatic heterocycles. The summed E-state index contributed by atoms with van der Waals surface area (Å²) in [6.45, 7) is 0. The van der Waals surface area contributed by atoms with Gasteiger partial charge in [0.05, 0.1) is 28.5 Å². The molecular weight excluding hydrogens is 1380 g/mol. The second-order valence-electron chi connectivity index (χ2n) is 28.5. The Kier molecular flexibility index (Phi) is 19.1. The lowest BCUT2D eigenvalue weighted by Gasteiger charge is -2.18. The van der Waals surface area contributed by atoms with Crippen molar-refractivity contribution in [3.8, 4) is 201 Å². The minimum absolute atomic E-state index is 0.649. The van der Waals surface area contributed by atoms with E-state index in [1.807, 2.05) is 85.6 Å². The predicted molar refractivity (Wildman–Crippen MR) is 471 cm³/mol. The van der Waals surface area contributed by atoms with Gasteiger partial charge in [0, 0.05) is 64.4 Å². The summed E-state index contributed by atoms with van der Waals surface area (Å²) in [5.74, 6) is 0.649. The Balaban J connectivity index is 0.643. The van der Waals surface area contributed by atoms with Gasteiger partial charge in [-0.1, -0.05) is 315 Å². The molecule has 5 heterocycles. The highest BCUT2D eigenvalue weighted by Gasteiger charge is 2.21. The molecule has 0 aliphatic rings. The molecule has 0 saturated carbocycles. The molecule has 0 bridgehead atoms. The Hall–Kier alpha value is -15.2. The molecule has 6 heteroatoms. The van der Waals surface area contributed by atoms with Gasteiger partial charge in [0.15, 0.2) is 5.82 Å². The van der Waals surface area contributed by atoms with Gasteiger partial charge in [-0.3, -0.25) is 19.9 Å². The first-order valence-electron chi connectivity index (χ1n) is 38.5. The quantitative estimate of drug-likeness (QED) is 0.0852. The summed E-state index contributed by atoms with van der Waals surface area (Å²) in [6.07, 6.45) is 9.25. The second kappa shape index (κ2) is 31.4. The fraction of sp³-hybridized carbons (Fsp3) is 0. The average molecular weight is 1450 g/mol. The van der Waals surface area contributed by atoms with E-state index in [1.165, 1.54) is 0 Å². The third-order valence-corrected chi connectivity index (χ3v) is 21.5. The molecule has 0 amide bonds. The summed E-state index contributed by atoms with van der Waals surface area (Å²) < 4.78 is 0. The Morgan fingerprint density at radius 1 is 0.114 bits per heavy atom. The van der Waals surface area contributed by atoms with Crippen molar-refractivity contribution >= 4 is 0 Å². The van der Waals surface area contributed by atoms with E-state index in [4.69, 9.17) is 9.97 Å². The zero-order chi connectivity index (χ0) is 75.9. The molecule has 0 unspecified atom stereocenters. The highest BCUT2D eigenvalue weighted by Crippen LogP contribution is 2.46.